The minimum absolute atomic E-state index is 0.0881. The van der Waals surface area contributed by atoms with E-state index < -0.39 is 12.3 Å². The van der Waals surface area contributed by atoms with Crippen molar-refractivity contribution < 1.29 is 23.0 Å². The lowest BCUT2D eigenvalue weighted by molar-refractivity contribution is -0.286. The molecule has 1 aliphatic carbocycles. The van der Waals surface area contributed by atoms with Gasteiger partial charge in [-0.05, 0) is 74.1 Å². The molecule has 2 saturated heterocycles. The van der Waals surface area contributed by atoms with Crippen molar-refractivity contribution in [2.75, 3.05) is 22.1 Å². The number of amides is 2. The molecule has 2 bridgehead atoms. The van der Waals surface area contributed by atoms with Crippen LogP contribution in [0.3, 0.4) is 0 Å². The van der Waals surface area contributed by atoms with Crippen LogP contribution in [0.15, 0.2) is 48.5 Å². The molecule has 2 N–H and O–H groups in total. The predicted molar refractivity (Wildman–Crippen MR) is 120 cm³/mol. The minimum Gasteiger partial charge on any atom is -0.395 e. The fourth-order valence-corrected chi connectivity index (χ4v) is 5.05. The molecule has 3 aromatic rings. The monoisotopic (exact) mass is 452 g/mol. The maximum Gasteiger partial charge on any atom is 0.586 e. The number of fused-ring (bicyclic) bond motifs is 5. The summed E-state index contributed by atoms with van der Waals surface area (Å²) in [6.07, 6.45) is 1.36. The van der Waals surface area contributed by atoms with Gasteiger partial charge in [-0.2, -0.15) is 0 Å². The first-order chi connectivity index (χ1) is 15.9. The molecule has 9 heteroatoms. The number of alkyl halides is 2. The van der Waals surface area contributed by atoms with E-state index in [0.29, 0.717) is 11.7 Å². The highest BCUT2D eigenvalue weighted by Crippen LogP contribution is 2.45. The highest BCUT2D eigenvalue weighted by atomic mass is 19.3. The van der Waals surface area contributed by atoms with Crippen LogP contribution in [-0.2, 0) is 0 Å². The fourth-order valence-electron chi connectivity index (χ4n) is 5.05. The molecule has 3 aliphatic heterocycles. The van der Waals surface area contributed by atoms with Gasteiger partial charge in [0, 0.05) is 23.7 Å². The first-order valence-electron chi connectivity index (χ1n) is 11.1. The molecule has 0 unspecified atom stereocenters. The number of halogens is 2. The molecule has 7 rings (SSSR count). The van der Waals surface area contributed by atoms with E-state index in [1.807, 2.05) is 24.3 Å². The minimum atomic E-state index is -3.76. The zero-order chi connectivity index (χ0) is 22.6. The van der Waals surface area contributed by atoms with E-state index in [0.717, 1.165) is 29.2 Å². The van der Waals surface area contributed by atoms with E-state index in [2.05, 4.69) is 25.0 Å². The molecule has 3 fully saturated rings. The number of rotatable bonds is 3. The van der Waals surface area contributed by atoms with Crippen LogP contribution in [-0.4, -0.2) is 29.9 Å². The number of ether oxygens (including phenoxy) is 2. The van der Waals surface area contributed by atoms with Gasteiger partial charge in [-0.15, -0.1) is 8.78 Å². The van der Waals surface area contributed by atoms with E-state index in [-0.39, 0.29) is 17.2 Å². The number of piperidine rings is 2. The number of carbonyl (C=O) groups excluding carboxylic acids is 1. The Morgan fingerprint density at radius 3 is 2.67 bits per heavy atom. The average Bonchev–Trinajstić information content (AvgIpc) is 3.14. The van der Waals surface area contributed by atoms with E-state index in [4.69, 9.17) is 4.98 Å². The Morgan fingerprint density at radius 1 is 1.03 bits per heavy atom. The number of carbonyl (C=O) groups is 1. The molecule has 2 aromatic carbocycles. The SMILES string of the molecule is O=C(Nc1ccc2nc(N3CC4CCC3CC4)ccc2c1)Nc1cccc2c1OC(F)(F)O2. The van der Waals surface area contributed by atoms with Crippen molar-refractivity contribution >= 4 is 34.1 Å². The van der Waals surface area contributed by atoms with Gasteiger partial charge in [0.05, 0.1) is 11.2 Å². The standard InChI is InChI=1S/C24H22F2N4O3/c25-24(26)32-20-3-1-2-19(22(20)33-24)29-23(31)27-16-7-10-18-15(12-16)6-11-21(28-18)30-13-14-4-8-17(30)9-5-14/h1-3,6-7,10-12,14,17H,4-5,8-9,13H2,(H2,27,29,31). The molecule has 7 nitrogen and oxygen atoms in total. The second-order valence-electron chi connectivity index (χ2n) is 8.78. The van der Waals surface area contributed by atoms with Gasteiger partial charge >= 0.3 is 12.3 Å². The normalized spacial score (nSPS) is 22.4. The van der Waals surface area contributed by atoms with Gasteiger partial charge < -0.3 is 25.0 Å². The van der Waals surface area contributed by atoms with Crippen molar-refractivity contribution in [1.29, 1.82) is 0 Å². The number of para-hydroxylation sites is 1. The Morgan fingerprint density at radius 2 is 1.88 bits per heavy atom. The lowest BCUT2D eigenvalue weighted by Gasteiger charge is -2.46. The summed E-state index contributed by atoms with van der Waals surface area (Å²) >= 11 is 0. The second kappa shape index (κ2) is 7.47. The molecule has 0 radical (unpaired) electrons. The lowest BCUT2D eigenvalue weighted by atomic mass is 9.80. The Kier molecular flexibility index (Phi) is 4.53. The van der Waals surface area contributed by atoms with E-state index >= 15 is 0 Å². The molecular weight excluding hydrogens is 430 g/mol. The number of benzene rings is 2. The molecule has 2 amide bonds. The van der Waals surface area contributed by atoms with Gasteiger partial charge in [0.2, 0.25) is 0 Å². The number of hydrogen-bond acceptors (Lipinski definition) is 5. The van der Waals surface area contributed by atoms with Crippen molar-refractivity contribution in [2.24, 2.45) is 5.92 Å². The van der Waals surface area contributed by atoms with Crippen LogP contribution in [0.4, 0.5) is 30.8 Å². The van der Waals surface area contributed by atoms with Crippen LogP contribution < -0.4 is 25.0 Å². The third kappa shape index (κ3) is 3.77. The van der Waals surface area contributed by atoms with Gasteiger partial charge in [-0.3, -0.25) is 0 Å². The topological polar surface area (TPSA) is 75.7 Å². The maximum absolute atomic E-state index is 13.4. The number of urea groups is 1. The average molecular weight is 452 g/mol. The summed E-state index contributed by atoms with van der Waals surface area (Å²) in [5.74, 6) is 1.44. The molecule has 4 heterocycles. The molecule has 33 heavy (non-hydrogen) atoms. The molecule has 170 valence electrons. The summed E-state index contributed by atoms with van der Waals surface area (Å²) in [6.45, 7) is 1.08. The molecule has 0 atom stereocenters. The number of aromatic nitrogens is 1. The third-order valence-electron chi connectivity index (χ3n) is 6.62. The smallest absolute Gasteiger partial charge is 0.395 e. The Bertz CT molecular complexity index is 1240. The number of pyridine rings is 1. The molecule has 1 aromatic heterocycles. The second-order valence-corrected chi connectivity index (χ2v) is 8.78. The Hall–Kier alpha value is -3.62. The first-order valence-corrected chi connectivity index (χ1v) is 11.1. The van der Waals surface area contributed by atoms with Crippen LogP contribution in [0.25, 0.3) is 10.9 Å². The maximum atomic E-state index is 13.4. The van der Waals surface area contributed by atoms with Crippen molar-refractivity contribution in [2.45, 2.75) is 38.0 Å². The summed E-state index contributed by atoms with van der Waals surface area (Å²) in [4.78, 5) is 19.8. The number of nitrogens with one attached hydrogen (secondary N) is 2. The van der Waals surface area contributed by atoms with Crippen LogP contribution in [0.1, 0.15) is 25.7 Å². The van der Waals surface area contributed by atoms with Crippen molar-refractivity contribution in [3.8, 4) is 11.5 Å². The number of hydrogen-bond donors (Lipinski definition) is 2. The Balaban J connectivity index is 1.17. The van der Waals surface area contributed by atoms with Gasteiger partial charge in [-0.25, -0.2) is 9.78 Å². The van der Waals surface area contributed by atoms with E-state index in [9.17, 15) is 13.6 Å². The summed E-state index contributed by atoms with van der Waals surface area (Å²) in [5, 5.41) is 6.15. The summed E-state index contributed by atoms with van der Waals surface area (Å²) in [6, 6.07) is 13.8. The summed E-state index contributed by atoms with van der Waals surface area (Å²) in [7, 11) is 0. The van der Waals surface area contributed by atoms with Crippen LogP contribution >= 0.6 is 0 Å². The molecule has 4 aliphatic rings. The zero-order valence-corrected chi connectivity index (χ0v) is 17.7. The number of anilines is 3. The predicted octanol–water partition coefficient (Wildman–Crippen LogP) is 5.58. The highest BCUT2D eigenvalue weighted by Gasteiger charge is 2.44. The third-order valence-corrected chi connectivity index (χ3v) is 6.62. The summed E-state index contributed by atoms with van der Waals surface area (Å²) in [5.41, 5.74) is 1.50. The number of nitrogens with zero attached hydrogens (tertiary/aromatic N) is 2. The summed E-state index contributed by atoms with van der Waals surface area (Å²) < 4.78 is 35.6. The van der Waals surface area contributed by atoms with Gasteiger partial charge in [0.1, 0.15) is 5.82 Å². The van der Waals surface area contributed by atoms with Gasteiger partial charge in [-0.1, -0.05) is 6.07 Å². The molecule has 0 spiro atoms. The van der Waals surface area contributed by atoms with Crippen molar-refractivity contribution in [1.82, 2.24) is 4.98 Å². The van der Waals surface area contributed by atoms with Crippen LogP contribution in [0.2, 0.25) is 0 Å². The van der Waals surface area contributed by atoms with Crippen molar-refractivity contribution in [3.63, 3.8) is 0 Å². The molecular formula is C24H22F2N4O3. The first kappa shape index (κ1) is 20.0. The van der Waals surface area contributed by atoms with E-state index in [1.54, 1.807) is 6.07 Å². The zero-order valence-electron chi connectivity index (χ0n) is 17.7. The molecule has 1 saturated carbocycles. The van der Waals surface area contributed by atoms with Gasteiger partial charge in [0.15, 0.2) is 11.5 Å². The highest BCUT2D eigenvalue weighted by molar-refractivity contribution is 6.02. The fraction of sp³-hybridized carbons (Fsp3) is 0.333. The van der Waals surface area contributed by atoms with Crippen LogP contribution in [0.5, 0.6) is 11.5 Å². The lowest BCUT2D eigenvalue weighted by Crippen LogP contribution is -2.48. The largest absolute Gasteiger partial charge is 0.586 e. The van der Waals surface area contributed by atoms with Crippen LogP contribution in [0, 0.1) is 5.92 Å². The Labute approximate surface area is 188 Å². The quantitative estimate of drug-likeness (QED) is 0.543. The van der Waals surface area contributed by atoms with Gasteiger partial charge in [0.25, 0.3) is 0 Å². The van der Waals surface area contributed by atoms with E-state index in [1.165, 1.54) is 43.9 Å². The van der Waals surface area contributed by atoms with Crippen molar-refractivity contribution in [3.05, 3.63) is 48.5 Å².